The van der Waals surface area contributed by atoms with Crippen LogP contribution in [0.1, 0.15) is 28.3 Å². The van der Waals surface area contributed by atoms with Gasteiger partial charge < -0.3 is 5.73 Å². The van der Waals surface area contributed by atoms with Crippen LogP contribution >= 0.6 is 11.6 Å². The minimum absolute atomic E-state index is 0.257. The monoisotopic (exact) mass is 281 g/mol. The fraction of sp³-hybridized carbons (Fsp3) is 0.200. The van der Waals surface area contributed by atoms with Crippen LogP contribution in [-0.4, -0.2) is 0 Å². The summed E-state index contributed by atoms with van der Waals surface area (Å²) in [7, 11) is 0. The van der Waals surface area contributed by atoms with E-state index in [2.05, 4.69) is 0 Å². The lowest BCUT2D eigenvalue weighted by atomic mass is 9.95. The first kappa shape index (κ1) is 14.0. The molecule has 1 atom stereocenters. The summed E-state index contributed by atoms with van der Waals surface area (Å²) < 4.78 is 27.4. The first-order chi connectivity index (χ1) is 8.90. The predicted molar refractivity (Wildman–Crippen MR) is 73.3 cm³/mol. The molecule has 100 valence electrons. The van der Waals surface area contributed by atoms with E-state index in [0.29, 0.717) is 27.3 Å². The molecule has 0 heterocycles. The van der Waals surface area contributed by atoms with Crippen molar-refractivity contribution in [2.45, 2.75) is 19.9 Å². The Morgan fingerprint density at radius 1 is 1.05 bits per heavy atom. The van der Waals surface area contributed by atoms with Gasteiger partial charge in [-0.25, -0.2) is 8.78 Å². The van der Waals surface area contributed by atoms with Crippen molar-refractivity contribution in [3.05, 3.63) is 69.2 Å². The molecule has 1 nitrogen and oxygen atoms in total. The second-order valence-corrected chi connectivity index (χ2v) is 5.05. The zero-order valence-corrected chi connectivity index (χ0v) is 11.4. The molecule has 0 bridgehead atoms. The van der Waals surface area contributed by atoms with Gasteiger partial charge in [0, 0.05) is 10.6 Å². The van der Waals surface area contributed by atoms with E-state index < -0.39 is 11.9 Å². The van der Waals surface area contributed by atoms with Crippen molar-refractivity contribution in [2.75, 3.05) is 0 Å². The number of rotatable bonds is 2. The van der Waals surface area contributed by atoms with Gasteiger partial charge in [0.2, 0.25) is 0 Å². The molecule has 0 fully saturated rings. The standard InChI is InChI=1S/C15H14ClF2N/c1-8-5-10(6-9(2)14(8)18)15(19)12-4-3-11(16)7-13(12)17/h3-7,15H,19H2,1-2H3. The largest absolute Gasteiger partial charge is 0.320 e. The Hall–Kier alpha value is -1.45. The highest BCUT2D eigenvalue weighted by Crippen LogP contribution is 2.27. The SMILES string of the molecule is Cc1cc(C(N)c2ccc(Cl)cc2F)cc(C)c1F. The molecule has 1 unspecified atom stereocenters. The van der Waals surface area contributed by atoms with Gasteiger partial charge in [-0.3, -0.25) is 0 Å². The summed E-state index contributed by atoms with van der Waals surface area (Å²) in [5.41, 5.74) is 8.07. The molecule has 4 heteroatoms. The van der Waals surface area contributed by atoms with Gasteiger partial charge in [0.05, 0.1) is 6.04 Å². The van der Waals surface area contributed by atoms with Gasteiger partial charge in [-0.2, -0.15) is 0 Å². The quantitative estimate of drug-likeness (QED) is 0.873. The summed E-state index contributed by atoms with van der Waals surface area (Å²) in [4.78, 5) is 0. The van der Waals surface area contributed by atoms with Crippen LogP contribution in [0, 0.1) is 25.5 Å². The molecule has 2 aromatic rings. The molecule has 0 saturated carbocycles. The van der Waals surface area contributed by atoms with Gasteiger partial charge in [-0.1, -0.05) is 29.8 Å². The molecule has 0 saturated heterocycles. The van der Waals surface area contributed by atoms with E-state index >= 15 is 0 Å². The highest BCUT2D eigenvalue weighted by Gasteiger charge is 2.16. The summed E-state index contributed by atoms with van der Waals surface area (Å²) in [6, 6.07) is 7.00. The fourth-order valence-electron chi connectivity index (χ4n) is 2.09. The van der Waals surface area contributed by atoms with E-state index in [1.807, 2.05) is 0 Å². The number of nitrogens with two attached hydrogens (primary N) is 1. The number of hydrogen-bond donors (Lipinski definition) is 1. The summed E-state index contributed by atoms with van der Waals surface area (Å²) in [5, 5.41) is 0.319. The average molecular weight is 282 g/mol. The molecule has 0 aliphatic heterocycles. The van der Waals surface area contributed by atoms with Crippen molar-refractivity contribution >= 4 is 11.6 Å². The Bertz CT molecular complexity index is 603. The minimum Gasteiger partial charge on any atom is -0.320 e. The fourth-order valence-corrected chi connectivity index (χ4v) is 2.25. The van der Waals surface area contributed by atoms with Crippen molar-refractivity contribution in [3.8, 4) is 0 Å². The molecule has 0 aliphatic carbocycles. The van der Waals surface area contributed by atoms with Crippen LogP contribution in [0.5, 0.6) is 0 Å². The number of hydrogen-bond acceptors (Lipinski definition) is 1. The molecule has 0 spiro atoms. The van der Waals surface area contributed by atoms with Gasteiger partial charge >= 0.3 is 0 Å². The third kappa shape index (κ3) is 2.77. The summed E-state index contributed by atoms with van der Waals surface area (Å²) >= 11 is 5.71. The van der Waals surface area contributed by atoms with E-state index in [-0.39, 0.29) is 5.82 Å². The van der Waals surface area contributed by atoms with Crippen LogP contribution in [0.2, 0.25) is 5.02 Å². The van der Waals surface area contributed by atoms with E-state index in [0.717, 1.165) is 0 Å². The molecule has 0 amide bonds. The zero-order valence-electron chi connectivity index (χ0n) is 10.7. The van der Waals surface area contributed by atoms with Crippen molar-refractivity contribution in [2.24, 2.45) is 5.73 Å². The lowest BCUT2D eigenvalue weighted by molar-refractivity contribution is 0.595. The molecule has 19 heavy (non-hydrogen) atoms. The first-order valence-electron chi connectivity index (χ1n) is 5.87. The normalized spacial score (nSPS) is 12.5. The highest BCUT2D eigenvalue weighted by molar-refractivity contribution is 6.30. The highest BCUT2D eigenvalue weighted by atomic mass is 35.5. The summed E-state index contributed by atoms with van der Waals surface area (Å²) in [5.74, 6) is -0.716. The Kier molecular flexibility index (Phi) is 3.88. The summed E-state index contributed by atoms with van der Waals surface area (Å²) in [6.45, 7) is 3.33. The van der Waals surface area contributed by atoms with Crippen molar-refractivity contribution in [1.29, 1.82) is 0 Å². The van der Waals surface area contributed by atoms with E-state index in [4.69, 9.17) is 17.3 Å². The maximum absolute atomic E-state index is 13.8. The number of aryl methyl sites for hydroxylation is 2. The van der Waals surface area contributed by atoms with Crippen molar-refractivity contribution in [3.63, 3.8) is 0 Å². The van der Waals surface area contributed by atoms with E-state index in [1.54, 1.807) is 38.1 Å². The molecule has 2 N–H and O–H groups in total. The van der Waals surface area contributed by atoms with Crippen molar-refractivity contribution in [1.82, 2.24) is 0 Å². The predicted octanol–water partition coefficient (Wildman–Crippen LogP) is 4.28. The van der Waals surface area contributed by atoms with Gasteiger partial charge in [0.25, 0.3) is 0 Å². The molecule has 2 rings (SSSR count). The third-order valence-corrected chi connectivity index (χ3v) is 3.35. The Balaban J connectivity index is 2.47. The van der Waals surface area contributed by atoms with Gasteiger partial charge in [0.1, 0.15) is 11.6 Å². The lowest BCUT2D eigenvalue weighted by Gasteiger charge is -2.16. The summed E-state index contributed by atoms with van der Waals surface area (Å²) in [6.07, 6.45) is 0. The Morgan fingerprint density at radius 3 is 2.16 bits per heavy atom. The van der Waals surface area contributed by atoms with Crippen LogP contribution in [0.4, 0.5) is 8.78 Å². The zero-order chi connectivity index (χ0) is 14.2. The van der Waals surface area contributed by atoms with Crippen molar-refractivity contribution < 1.29 is 8.78 Å². The first-order valence-corrected chi connectivity index (χ1v) is 6.25. The topological polar surface area (TPSA) is 26.0 Å². The molecule has 0 aromatic heterocycles. The maximum atomic E-state index is 13.8. The number of halogens is 3. The Labute approximate surface area is 116 Å². The molecule has 0 radical (unpaired) electrons. The van der Waals surface area contributed by atoms with Crippen LogP contribution in [0.15, 0.2) is 30.3 Å². The minimum atomic E-state index is -0.643. The average Bonchev–Trinajstić information content (AvgIpc) is 2.34. The number of benzene rings is 2. The van der Waals surface area contributed by atoms with E-state index in [1.165, 1.54) is 6.07 Å². The van der Waals surface area contributed by atoms with Gasteiger partial charge in [-0.15, -0.1) is 0 Å². The lowest BCUT2D eigenvalue weighted by Crippen LogP contribution is -2.14. The Morgan fingerprint density at radius 2 is 1.63 bits per heavy atom. The molecular weight excluding hydrogens is 268 g/mol. The van der Waals surface area contributed by atoms with Gasteiger partial charge in [-0.05, 0) is 42.7 Å². The van der Waals surface area contributed by atoms with Crippen LogP contribution < -0.4 is 5.73 Å². The van der Waals surface area contributed by atoms with Crippen LogP contribution in [0.25, 0.3) is 0 Å². The van der Waals surface area contributed by atoms with Crippen LogP contribution in [-0.2, 0) is 0 Å². The molecular formula is C15H14ClF2N. The third-order valence-electron chi connectivity index (χ3n) is 3.12. The second kappa shape index (κ2) is 5.27. The second-order valence-electron chi connectivity index (χ2n) is 4.61. The van der Waals surface area contributed by atoms with E-state index in [9.17, 15) is 8.78 Å². The maximum Gasteiger partial charge on any atom is 0.129 e. The van der Waals surface area contributed by atoms with Crippen LogP contribution in [0.3, 0.4) is 0 Å². The smallest absolute Gasteiger partial charge is 0.129 e. The molecule has 2 aromatic carbocycles. The molecule has 0 aliphatic rings. The van der Waals surface area contributed by atoms with Gasteiger partial charge in [0.15, 0.2) is 0 Å².